The monoisotopic (exact) mass is 314 g/mol. The molecule has 0 radical (unpaired) electrons. The third-order valence-corrected chi connectivity index (χ3v) is 5.23. The molecule has 0 atom stereocenters. The van der Waals surface area contributed by atoms with Gasteiger partial charge in [0, 0.05) is 0 Å². The molecule has 0 amide bonds. The highest BCUT2D eigenvalue weighted by atomic mass is 16.7. The van der Waals surface area contributed by atoms with Crippen LogP contribution in [0.1, 0.15) is 59.9 Å². The second kappa shape index (κ2) is 6.45. The minimum absolute atomic E-state index is 0.177. The van der Waals surface area contributed by atoms with Crippen LogP contribution in [0.15, 0.2) is 42.4 Å². The number of rotatable bonds is 6. The molecule has 1 saturated heterocycles. The van der Waals surface area contributed by atoms with E-state index in [4.69, 9.17) is 9.31 Å². The van der Waals surface area contributed by atoms with Crippen LogP contribution >= 0.6 is 0 Å². The first-order chi connectivity index (χ1) is 10.5. The molecule has 3 heteroatoms. The standard InChI is InChI=1S/C20H31BO2/c1-16(21-22-19(4,5)20(6,7)23-21)15-18(2,3)14-13-17-11-9-8-10-12-17/h8-12H,1,13-15H2,2-7H3. The van der Waals surface area contributed by atoms with E-state index in [1.807, 2.05) is 0 Å². The normalized spacial score (nSPS) is 19.8. The van der Waals surface area contributed by atoms with E-state index in [0.29, 0.717) is 0 Å². The summed E-state index contributed by atoms with van der Waals surface area (Å²) < 4.78 is 12.2. The average Bonchev–Trinajstić information content (AvgIpc) is 2.66. The van der Waals surface area contributed by atoms with Crippen molar-refractivity contribution in [2.75, 3.05) is 0 Å². The zero-order valence-corrected chi connectivity index (χ0v) is 15.6. The second-order valence-electron chi connectivity index (χ2n) is 8.57. The molecule has 1 aromatic rings. The minimum atomic E-state index is -0.297. The van der Waals surface area contributed by atoms with Crippen molar-refractivity contribution in [2.24, 2.45) is 5.41 Å². The lowest BCUT2D eigenvalue weighted by atomic mass is 9.69. The van der Waals surface area contributed by atoms with E-state index in [1.54, 1.807) is 0 Å². The van der Waals surface area contributed by atoms with Crippen LogP contribution in [-0.4, -0.2) is 18.3 Å². The SMILES string of the molecule is C=C(CC(C)(C)CCc1ccccc1)B1OC(C)(C)C(C)(C)O1. The molecule has 1 fully saturated rings. The van der Waals surface area contributed by atoms with Crippen LogP contribution in [-0.2, 0) is 15.7 Å². The van der Waals surface area contributed by atoms with E-state index in [-0.39, 0.29) is 23.7 Å². The fraction of sp³-hybridized carbons (Fsp3) is 0.600. The molecular weight excluding hydrogens is 283 g/mol. The molecule has 0 bridgehead atoms. The van der Waals surface area contributed by atoms with Crippen LogP contribution in [0.25, 0.3) is 0 Å². The first-order valence-electron chi connectivity index (χ1n) is 8.60. The van der Waals surface area contributed by atoms with Crippen molar-refractivity contribution in [1.82, 2.24) is 0 Å². The highest BCUT2D eigenvalue weighted by molar-refractivity contribution is 6.54. The summed E-state index contributed by atoms with van der Waals surface area (Å²) in [6, 6.07) is 10.7. The zero-order chi connectivity index (χ0) is 17.3. The Bertz CT molecular complexity index is 530. The summed E-state index contributed by atoms with van der Waals surface area (Å²) in [5.74, 6) is 0. The summed E-state index contributed by atoms with van der Waals surface area (Å²) in [6.45, 7) is 17.2. The maximum absolute atomic E-state index is 6.11. The van der Waals surface area contributed by atoms with Crippen LogP contribution < -0.4 is 0 Å². The highest BCUT2D eigenvalue weighted by Gasteiger charge is 2.52. The van der Waals surface area contributed by atoms with Gasteiger partial charge >= 0.3 is 7.12 Å². The highest BCUT2D eigenvalue weighted by Crippen LogP contribution is 2.41. The predicted octanol–water partition coefficient (Wildman–Crippen LogP) is 5.22. The summed E-state index contributed by atoms with van der Waals surface area (Å²) in [6.07, 6.45) is 3.12. The first kappa shape index (κ1) is 18.3. The van der Waals surface area contributed by atoms with Crippen LogP contribution in [0, 0.1) is 5.41 Å². The Hall–Kier alpha value is -1.06. The molecule has 0 unspecified atom stereocenters. The summed E-state index contributed by atoms with van der Waals surface area (Å²) in [7, 11) is -0.295. The maximum Gasteiger partial charge on any atom is 0.489 e. The summed E-state index contributed by atoms with van der Waals surface area (Å²) in [5, 5.41) is 0. The van der Waals surface area contributed by atoms with Crippen LogP contribution in [0.3, 0.4) is 0 Å². The van der Waals surface area contributed by atoms with Crippen molar-refractivity contribution >= 4 is 7.12 Å². The van der Waals surface area contributed by atoms with Crippen LogP contribution in [0.5, 0.6) is 0 Å². The van der Waals surface area contributed by atoms with Crippen molar-refractivity contribution < 1.29 is 9.31 Å². The Balaban J connectivity index is 1.91. The van der Waals surface area contributed by atoms with Gasteiger partial charge < -0.3 is 9.31 Å². The van der Waals surface area contributed by atoms with Crippen molar-refractivity contribution in [3.8, 4) is 0 Å². The van der Waals surface area contributed by atoms with Gasteiger partial charge in [0.15, 0.2) is 0 Å². The minimum Gasteiger partial charge on any atom is -0.400 e. The summed E-state index contributed by atoms with van der Waals surface area (Å²) in [4.78, 5) is 0. The molecule has 2 rings (SSSR count). The fourth-order valence-electron chi connectivity index (χ4n) is 2.92. The van der Waals surface area contributed by atoms with Gasteiger partial charge in [-0.2, -0.15) is 0 Å². The smallest absolute Gasteiger partial charge is 0.400 e. The Morgan fingerprint density at radius 1 is 1.04 bits per heavy atom. The maximum atomic E-state index is 6.11. The molecule has 0 spiro atoms. The van der Waals surface area contributed by atoms with Crippen LogP contribution in [0.4, 0.5) is 0 Å². The van der Waals surface area contributed by atoms with Gasteiger partial charge in [-0.15, -0.1) is 6.58 Å². The Morgan fingerprint density at radius 3 is 2.09 bits per heavy atom. The van der Waals surface area contributed by atoms with E-state index in [1.165, 1.54) is 5.56 Å². The lowest BCUT2D eigenvalue weighted by molar-refractivity contribution is 0.00578. The van der Waals surface area contributed by atoms with Gasteiger partial charge in [-0.1, -0.05) is 44.2 Å². The van der Waals surface area contributed by atoms with Crippen molar-refractivity contribution in [3.05, 3.63) is 47.9 Å². The molecule has 1 aliphatic heterocycles. The Kier molecular flexibility index (Phi) is 5.13. The van der Waals surface area contributed by atoms with Gasteiger partial charge in [0.25, 0.3) is 0 Å². The van der Waals surface area contributed by atoms with E-state index in [2.05, 4.69) is 78.5 Å². The topological polar surface area (TPSA) is 18.5 Å². The molecule has 1 aliphatic rings. The fourth-order valence-corrected chi connectivity index (χ4v) is 2.92. The van der Waals surface area contributed by atoms with Crippen molar-refractivity contribution in [2.45, 2.75) is 72.0 Å². The molecular formula is C20H31BO2. The second-order valence-corrected chi connectivity index (χ2v) is 8.57. The number of benzene rings is 1. The molecule has 0 aromatic heterocycles. The molecule has 0 saturated carbocycles. The predicted molar refractivity (Wildman–Crippen MR) is 98.4 cm³/mol. The van der Waals surface area contributed by atoms with E-state index in [0.717, 1.165) is 24.7 Å². The van der Waals surface area contributed by atoms with Gasteiger partial charge in [-0.3, -0.25) is 0 Å². The van der Waals surface area contributed by atoms with Crippen molar-refractivity contribution in [1.29, 1.82) is 0 Å². The quantitative estimate of drug-likeness (QED) is 0.670. The lowest BCUT2D eigenvalue weighted by Crippen LogP contribution is -2.41. The number of allylic oxidation sites excluding steroid dienone is 1. The largest absolute Gasteiger partial charge is 0.489 e. The Labute approximate surface area is 142 Å². The molecule has 23 heavy (non-hydrogen) atoms. The van der Waals surface area contributed by atoms with E-state index in [9.17, 15) is 0 Å². The molecule has 126 valence electrons. The Morgan fingerprint density at radius 2 is 1.57 bits per heavy atom. The van der Waals surface area contributed by atoms with Gasteiger partial charge in [-0.25, -0.2) is 0 Å². The van der Waals surface area contributed by atoms with Gasteiger partial charge in [-0.05, 0) is 63.4 Å². The lowest BCUT2D eigenvalue weighted by Gasteiger charge is -2.32. The molecule has 0 N–H and O–H groups in total. The van der Waals surface area contributed by atoms with Crippen molar-refractivity contribution in [3.63, 3.8) is 0 Å². The summed E-state index contributed by atoms with van der Waals surface area (Å²) in [5.41, 5.74) is 2.02. The van der Waals surface area contributed by atoms with E-state index >= 15 is 0 Å². The zero-order valence-electron chi connectivity index (χ0n) is 15.6. The number of hydrogen-bond acceptors (Lipinski definition) is 2. The van der Waals surface area contributed by atoms with Gasteiger partial charge in [0.1, 0.15) is 0 Å². The third kappa shape index (κ3) is 4.48. The molecule has 1 aromatic carbocycles. The van der Waals surface area contributed by atoms with E-state index < -0.39 is 0 Å². The molecule has 1 heterocycles. The molecule has 0 aliphatic carbocycles. The number of hydrogen-bond donors (Lipinski definition) is 0. The summed E-state index contributed by atoms with van der Waals surface area (Å²) >= 11 is 0. The molecule has 2 nitrogen and oxygen atoms in total. The van der Waals surface area contributed by atoms with Crippen LogP contribution in [0.2, 0.25) is 0 Å². The van der Waals surface area contributed by atoms with Gasteiger partial charge in [0.2, 0.25) is 0 Å². The number of aryl methyl sites for hydroxylation is 1. The average molecular weight is 314 g/mol. The van der Waals surface area contributed by atoms with Gasteiger partial charge in [0.05, 0.1) is 11.2 Å². The third-order valence-electron chi connectivity index (χ3n) is 5.23. The first-order valence-corrected chi connectivity index (χ1v) is 8.60.